The van der Waals surface area contributed by atoms with Gasteiger partial charge in [0.25, 0.3) is 0 Å². The Morgan fingerprint density at radius 3 is 2.44 bits per heavy atom. The molecule has 2 fully saturated rings. The largest absolute Gasteiger partial charge is 0.361 e. The van der Waals surface area contributed by atoms with Gasteiger partial charge >= 0.3 is 5.69 Å². The monoisotopic (exact) mass is 604 g/mol. The van der Waals surface area contributed by atoms with Gasteiger partial charge in [0.2, 0.25) is 11.8 Å². The maximum atomic E-state index is 14.1. The highest BCUT2D eigenvalue weighted by atomic mass is 35.5. The summed E-state index contributed by atoms with van der Waals surface area (Å²) < 4.78 is 1.83. The lowest BCUT2D eigenvalue weighted by Crippen LogP contribution is -2.57. The molecule has 10 heteroatoms. The SMILES string of the molecule is O=C(NC(Cc1ccc(Cl)cc1)C(=O)N1CCC(Cn2cnc(=O)[nH]2)(C2CCCCC2)CC1)C1Cc2ccccc2CN1. The van der Waals surface area contributed by atoms with E-state index in [1.54, 1.807) is 6.33 Å². The van der Waals surface area contributed by atoms with Gasteiger partial charge in [-0.2, -0.15) is 4.98 Å². The highest BCUT2D eigenvalue weighted by molar-refractivity contribution is 6.30. The number of nitrogens with zero attached hydrogens (tertiary/aromatic N) is 3. The van der Waals surface area contributed by atoms with Gasteiger partial charge in [-0.25, -0.2) is 9.89 Å². The quantitative estimate of drug-likeness (QED) is 0.362. The molecule has 228 valence electrons. The van der Waals surface area contributed by atoms with E-state index in [9.17, 15) is 14.4 Å². The first-order valence-electron chi connectivity index (χ1n) is 15.6. The maximum Gasteiger partial charge on any atom is 0.361 e. The minimum atomic E-state index is -0.681. The molecule has 3 heterocycles. The zero-order chi connectivity index (χ0) is 29.8. The Balaban J connectivity index is 1.17. The highest BCUT2D eigenvalue weighted by Crippen LogP contribution is 2.47. The first-order valence-corrected chi connectivity index (χ1v) is 16.0. The van der Waals surface area contributed by atoms with Crippen LogP contribution in [0.3, 0.4) is 0 Å². The minimum absolute atomic E-state index is 0.00479. The van der Waals surface area contributed by atoms with Crippen molar-refractivity contribution in [1.82, 2.24) is 30.3 Å². The number of nitrogens with one attached hydrogen (secondary N) is 3. The molecule has 43 heavy (non-hydrogen) atoms. The molecule has 9 nitrogen and oxygen atoms in total. The van der Waals surface area contributed by atoms with E-state index in [0.717, 1.165) is 24.0 Å². The third-order valence-corrected chi connectivity index (χ3v) is 10.2. The third kappa shape index (κ3) is 6.88. The second kappa shape index (κ2) is 13.1. The molecule has 1 saturated heterocycles. The molecule has 1 aliphatic carbocycles. The van der Waals surface area contributed by atoms with Crippen molar-refractivity contribution in [2.24, 2.45) is 11.3 Å². The molecule has 1 aromatic heterocycles. The van der Waals surface area contributed by atoms with Crippen LogP contribution in [0.15, 0.2) is 59.7 Å². The number of piperidine rings is 1. The van der Waals surface area contributed by atoms with Crippen molar-refractivity contribution in [1.29, 1.82) is 0 Å². The van der Waals surface area contributed by atoms with Crippen molar-refractivity contribution in [3.63, 3.8) is 0 Å². The molecule has 0 spiro atoms. The lowest BCUT2D eigenvalue weighted by molar-refractivity contribution is -0.140. The number of hydrogen-bond donors (Lipinski definition) is 3. The van der Waals surface area contributed by atoms with Crippen LogP contribution in [0.4, 0.5) is 0 Å². The average Bonchev–Trinajstić information content (AvgIpc) is 3.45. The summed E-state index contributed by atoms with van der Waals surface area (Å²) in [5.41, 5.74) is 2.98. The van der Waals surface area contributed by atoms with Gasteiger partial charge in [0, 0.05) is 37.6 Å². The lowest BCUT2D eigenvalue weighted by atomic mass is 9.63. The van der Waals surface area contributed by atoms with E-state index in [1.807, 2.05) is 46.0 Å². The van der Waals surface area contributed by atoms with E-state index in [1.165, 1.54) is 37.7 Å². The predicted molar refractivity (Wildman–Crippen MR) is 166 cm³/mol. The van der Waals surface area contributed by atoms with Crippen molar-refractivity contribution in [3.05, 3.63) is 87.1 Å². The van der Waals surface area contributed by atoms with Crippen LogP contribution < -0.4 is 16.3 Å². The normalized spacial score (nSPS) is 21.1. The van der Waals surface area contributed by atoms with E-state index < -0.39 is 12.1 Å². The fourth-order valence-corrected chi connectivity index (χ4v) is 7.62. The molecule has 2 amide bonds. The van der Waals surface area contributed by atoms with Crippen molar-refractivity contribution in [3.8, 4) is 0 Å². The van der Waals surface area contributed by atoms with E-state index in [4.69, 9.17) is 11.6 Å². The van der Waals surface area contributed by atoms with Crippen molar-refractivity contribution in [2.75, 3.05) is 13.1 Å². The van der Waals surface area contributed by atoms with Crippen LogP contribution in [0.5, 0.6) is 0 Å². The molecule has 3 aromatic rings. The number of benzene rings is 2. The Bertz CT molecular complexity index is 1470. The Hall–Kier alpha value is -3.43. The molecule has 2 aliphatic heterocycles. The standard InChI is InChI=1S/C33H41ClN6O3/c34-27-12-10-23(11-13-27)18-29(37-30(41)28-19-24-6-4-5-7-25(24)20-35-28)31(42)39-16-14-33(15-17-39,26-8-2-1-3-9-26)21-40-22-36-32(43)38-40/h4-7,10-13,22,26,28-29,35H,1-3,8-9,14-21H2,(H,37,41)(H,38,43). The molecule has 1 saturated carbocycles. The van der Waals surface area contributed by atoms with Crippen molar-refractivity contribution >= 4 is 23.4 Å². The Morgan fingerprint density at radius 1 is 1.02 bits per heavy atom. The van der Waals surface area contributed by atoms with Gasteiger partial charge in [-0.3, -0.25) is 14.3 Å². The van der Waals surface area contributed by atoms with Crippen LogP contribution in [-0.2, 0) is 35.5 Å². The molecule has 2 unspecified atom stereocenters. The molecule has 0 radical (unpaired) electrons. The number of carbonyl (C=O) groups is 2. The minimum Gasteiger partial charge on any atom is -0.343 e. The van der Waals surface area contributed by atoms with Crippen LogP contribution in [0.2, 0.25) is 5.02 Å². The molecule has 6 rings (SSSR count). The summed E-state index contributed by atoms with van der Waals surface area (Å²) in [5, 5.41) is 9.95. The third-order valence-electron chi connectivity index (χ3n) is 9.95. The number of carbonyl (C=O) groups excluding carboxylic acids is 2. The Morgan fingerprint density at radius 2 is 1.74 bits per heavy atom. The van der Waals surface area contributed by atoms with E-state index >= 15 is 0 Å². The highest BCUT2D eigenvalue weighted by Gasteiger charge is 2.44. The molecule has 2 atom stereocenters. The van der Waals surface area contributed by atoms with E-state index in [-0.39, 0.29) is 22.9 Å². The van der Waals surface area contributed by atoms with Crippen molar-refractivity contribution < 1.29 is 9.59 Å². The topological polar surface area (TPSA) is 112 Å². The summed E-state index contributed by atoms with van der Waals surface area (Å²) in [7, 11) is 0. The van der Waals surface area contributed by atoms with Crippen LogP contribution in [0.25, 0.3) is 0 Å². The van der Waals surface area contributed by atoms with Crippen LogP contribution in [-0.4, -0.2) is 56.7 Å². The van der Waals surface area contributed by atoms with Gasteiger partial charge in [-0.1, -0.05) is 67.3 Å². The summed E-state index contributed by atoms with van der Waals surface area (Å²) in [6.45, 7) is 2.57. The first kappa shape index (κ1) is 29.6. The fraction of sp³-hybridized carbons (Fsp3) is 0.515. The van der Waals surface area contributed by atoms with Gasteiger partial charge in [-0.05, 0) is 72.3 Å². The zero-order valence-electron chi connectivity index (χ0n) is 24.6. The van der Waals surface area contributed by atoms with Gasteiger partial charge in [0.15, 0.2) is 0 Å². The molecule has 0 bridgehead atoms. The number of rotatable bonds is 8. The average molecular weight is 605 g/mol. The molecular formula is C33H41ClN6O3. The van der Waals surface area contributed by atoms with Crippen LogP contribution in [0, 0.1) is 11.3 Å². The number of H-pyrrole nitrogens is 1. The lowest BCUT2D eigenvalue weighted by Gasteiger charge is -2.48. The number of halogens is 1. The number of hydrogen-bond acceptors (Lipinski definition) is 5. The Kier molecular flexibility index (Phi) is 9.00. The summed E-state index contributed by atoms with van der Waals surface area (Å²) >= 11 is 6.13. The number of fused-ring (bicyclic) bond motifs is 1. The number of likely N-dealkylation sites (tertiary alicyclic amines) is 1. The summed E-state index contributed by atoms with van der Waals surface area (Å²) in [6, 6.07) is 14.6. The fourth-order valence-electron chi connectivity index (χ4n) is 7.49. The van der Waals surface area contributed by atoms with Gasteiger partial charge in [0.05, 0.1) is 6.04 Å². The maximum absolute atomic E-state index is 14.1. The van der Waals surface area contributed by atoms with Gasteiger partial charge in [-0.15, -0.1) is 0 Å². The predicted octanol–water partition coefficient (Wildman–Crippen LogP) is 3.86. The summed E-state index contributed by atoms with van der Waals surface area (Å²) in [4.78, 5) is 45.3. The van der Waals surface area contributed by atoms with Crippen LogP contribution >= 0.6 is 11.6 Å². The van der Waals surface area contributed by atoms with Crippen LogP contribution in [0.1, 0.15) is 61.6 Å². The number of amides is 2. The summed E-state index contributed by atoms with van der Waals surface area (Å²) in [5.74, 6) is 0.349. The number of aromatic amines is 1. The van der Waals surface area contributed by atoms with Gasteiger partial charge in [0.1, 0.15) is 12.4 Å². The van der Waals surface area contributed by atoms with Gasteiger partial charge < -0.3 is 15.5 Å². The molecule has 3 aliphatic rings. The van der Waals surface area contributed by atoms with Crippen molar-refractivity contribution in [2.45, 2.75) is 83.0 Å². The first-order chi connectivity index (χ1) is 20.9. The van der Waals surface area contributed by atoms with E-state index in [0.29, 0.717) is 50.0 Å². The molecular weight excluding hydrogens is 564 g/mol. The number of aromatic nitrogens is 3. The molecule has 3 N–H and O–H groups in total. The summed E-state index contributed by atoms with van der Waals surface area (Å²) in [6.07, 6.45) is 10.4. The molecule has 2 aromatic carbocycles. The Labute approximate surface area is 257 Å². The zero-order valence-corrected chi connectivity index (χ0v) is 25.3. The smallest absolute Gasteiger partial charge is 0.343 e. The second-order valence-corrected chi connectivity index (χ2v) is 13.0. The van der Waals surface area contributed by atoms with E-state index in [2.05, 4.69) is 32.8 Å². The second-order valence-electron chi connectivity index (χ2n) is 12.6.